The van der Waals surface area contributed by atoms with Crippen LogP contribution in [0.3, 0.4) is 0 Å². The fraction of sp³-hybridized carbons (Fsp3) is 0.455. The summed E-state index contributed by atoms with van der Waals surface area (Å²) in [6.07, 6.45) is 0.0293. The highest BCUT2D eigenvalue weighted by molar-refractivity contribution is 5.26. The zero-order valence-electron chi connectivity index (χ0n) is 8.92. The number of halogens is 3. The first-order chi connectivity index (χ1) is 8.18. The predicted octanol–water partition coefficient (Wildman–Crippen LogP) is 2.25. The lowest BCUT2D eigenvalue weighted by Crippen LogP contribution is -2.13. The molecule has 0 bridgehead atoms. The van der Waals surface area contributed by atoms with Crippen LogP contribution in [0.4, 0.5) is 13.2 Å². The van der Waals surface area contributed by atoms with E-state index >= 15 is 0 Å². The van der Waals surface area contributed by atoms with Gasteiger partial charge in [0, 0.05) is 6.42 Å². The number of ether oxygens (including phenoxy) is 3. The molecule has 0 saturated carbocycles. The second-order valence-corrected chi connectivity index (χ2v) is 3.48. The molecule has 0 spiro atoms. The van der Waals surface area contributed by atoms with Crippen LogP contribution < -0.4 is 4.74 Å². The van der Waals surface area contributed by atoms with Gasteiger partial charge in [0.25, 0.3) is 0 Å². The summed E-state index contributed by atoms with van der Waals surface area (Å²) >= 11 is 0. The third-order valence-electron chi connectivity index (χ3n) is 2.30. The molecule has 1 fully saturated rings. The fourth-order valence-electron chi connectivity index (χ4n) is 1.46. The monoisotopic (exact) mass is 248 g/mol. The molecule has 6 heteroatoms. The number of rotatable bonds is 4. The van der Waals surface area contributed by atoms with Crippen molar-refractivity contribution < 1.29 is 27.4 Å². The SMILES string of the molecule is Fc1ccc(OCCC2OCCO2)c(F)c1F. The van der Waals surface area contributed by atoms with Crippen LogP contribution in [0.2, 0.25) is 0 Å². The average Bonchev–Trinajstić information content (AvgIpc) is 2.82. The van der Waals surface area contributed by atoms with E-state index < -0.39 is 17.5 Å². The van der Waals surface area contributed by atoms with Crippen LogP contribution in [0.5, 0.6) is 5.75 Å². The second-order valence-electron chi connectivity index (χ2n) is 3.48. The second kappa shape index (κ2) is 5.37. The van der Waals surface area contributed by atoms with Crippen molar-refractivity contribution in [3.05, 3.63) is 29.6 Å². The van der Waals surface area contributed by atoms with E-state index in [1.807, 2.05) is 0 Å². The Balaban J connectivity index is 1.88. The van der Waals surface area contributed by atoms with Gasteiger partial charge in [0.15, 0.2) is 23.7 Å². The zero-order chi connectivity index (χ0) is 12.3. The topological polar surface area (TPSA) is 27.7 Å². The smallest absolute Gasteiger partial charge is 0.203 e. The van der Waals surface area contributed by atoms with E-state index in [1.54, 1.807) is 0 Å². The molecule has 0 atom stereocenters. The maximum atomic E-state index is 13.2. The highest BCUT2D eigenvalue weighted by Gasteiger charge is 2.17. The third kappa shape index (κ3) is 2.89. The van der Waals surface area contributed by atoms with Gasteiger partial charge in [-0.3, -0.25) is 0 Å². The Morgan fingerprint density at radius 2 is 1.82 bits per heavy atom. The van der Waals surface area contributed by atoms with Gasteiger partial charge in [-0.15, -0.1) is 0 Å². The van der Waals surface area contributed by atoms with Crippen molar-refractivity contribution in [3.63, 3.8) is 0 Å². The molecule has 1 saturated heterocycles. The Hall–Kier alpha value is -1.27. The molecule has 1 aliphatic rings. The van der Waals surface area contributed by atoms with Gasteiger partial charge in [0.05, 0.1) is 19.8 Å². The van der Waals surface area contributed by atoms with Crippen LogP contribution in [0.25, 0.3) is 0 Å². The molecule has 0 aromatic heterocycles. The summed E-state index contributed by atoms with van der Waals surface area (Å²) in [7, 11) is 0. The van der Waals surface area contributed by atoms with Gasteiger partial charge in [-0.1, -0.05) is 0 Å². The van der Waals surface area contributed by atoms with E-state index in [2.05, 4.69) is 0 Å². The van der Waals surface area contributed by atoms with E-state index in [-0.39, 0.29) is 18.6 Å². The van der Waals surface area contributed by atoms with Gasteiger partial charge in [-0.05, 0) is 12.1 Å². The van der Waals surface area contributed by atoms with Crippen LogP contribution in [-0.4, -0.2) is 26.1 Å². The van der Waals surface area contributed by atoms with Gasteiger partial charge < -0.3 is 14.2 Å². The molecule has 0 radical (unpaired) electrons. The molecular formula is C11H11F3O3. The van der Waals surface area contributed by atoms with Crippen molar-refractivity contribution in [2.24, 2.45) is 0 Å². The average molecular weight is 248 g/mol. The summed E-state index contributed by atoms with van der Waals surface area (Å²) in [5.74, 6) is -4.41. The van der Waals surface area contributed by atoms with Gasteiger partial charge in [-0.2, -0.15) is 4.39 Å². The first-order valence-corrected chi connectivity index (χ1v) is 5.18. The lowest BCUT2D eigenvalue weighted by Gasteiger charge is -2.11. The molecule has 17 heavy (non-hydrogen) atoms. The fourth-order valence-corrected chi connectivity index (χ4v) is 1.46. The Kier molecular flexibility index (Phi) is 3.86. The summed E-state index contributed by atoms with van der Waals surface area (Å²) in [6, 6.07) is 1.86. The van der Waals surface area contributed by atoms with Crippen molar-refractivity contribution in [3.8, 4) is 5.75 Å². The van der Waals surface area contributed by atoms with Crippen LogP contribution in [-0.2, 0) is 9.47 Å². The summed E-state index contributed by atoms with van der Waals surface area (Å²) < 4.78 is 53.9. The Labute approximate surface area is 96.1 Å². The minimum Gasteiger partial charge on any atom is -0.490 e. The normalized spacial score (nSPS) is 16.4. The standard InChI is InChI=1S/C11H11F3O3/c12-7-1-2-8(11(14)10(7)13)15-4-3-9-16-5-6-17-9/h1-2,9H,3-6H2. The molecule has 0 N–H and O–H groups in total. The van der Waals surface area contributed by atoms with Gasteiger partial charge in [0.1, 0.15) is 0 Å². The summed E-state index contributed by atoms with van der Waals surface area (Å²) in [4.78, 5) is 0. The van der Waals surface area contributed by atoms with Crippen molar-refractivity contribution in [1.82, 2.24) is 0 Å². The summed E-state index contributed by atoms with van der Waals surface area (Å²) in [5.41, 5.74) is 0. The molecule has 0 unspecified atom stereocenters. The first kappa shape index (κ1) is 12.2. The zero-order valence-corrected chi connectivity index (χ0v) is 8.92. The summed E-state index contributed by atoms with van der Waals surface area (Å²) in [5, 5.41) is 0. The molecule has 1 aromatic rings. The highest BCUT2D eigenvalue weighted by atomic mass is 19.2. The Morgan fingerprint density at radius 1 is 1.12 bits per heavy atom. The molecule has 2 rings (SSSR count). The van der Waals surface area contributed by atoms with E-state index in [4.69, 9.17) is 14.2 Å². The molecule has 3 nitrogen and oxygen atoms in total. The maximum Gasteiger partial charge on any atom is 0.203 e. The van der Waals surface area contributed by atoms with Gasteiger partial charge >= 0.3 is 0 Å². The number of benzene rings is 1. The third-order valence-corrected chi connectivity index (χ3v) is 2.30. The Bertz CT molecular complexity index is 392. The number of hydrogen-bond acceptors (Lipinski definition) is 3. The van der Waals surface area contributed by atoms with Crippen molar-refractivity contribution in [2.75, 3.05) is 19.8 Å². The molecular weight excluding hydrogens is 237 g/mol. The molecule has 1 aliphatic heterocycles. The van der Waals surface area contributed by atoms with Crippen LogP contribution >= 0.6 is 0 Å². The molecule has 94 valence electrons. The van der Waals surface area contributed by atoms with Crippen molar-refractivity contribution in [1.29, 1.82) is 0 Å². The first-order valence-electron chi connectivity index (χ1n) is 5.18. The minimum atomic E-state index is -1.53. The minimum absolute atomic E-state index is 0.104. The van der Waals surface area contributed by atoms with Crippen LogP contribution in [0.15, 0.2) is 12.1 Å². The highest BCUT2D eigenvalue weighted by Crippen LogP contribution is 2.22. The summed E-state index contributed by atoms with van der Waals surface area (Å²) in [6.45, 7) is 1.14. The quantitative estimate of drug-likeness (QED) is 0.765. The van der Waals surface area contributed by atoms with E-state index in [1.165, 1.54) is 0 Å². The lowest BCUT2D eigenvalue weighted by atomic mass is 10.3. The van der Waals surface area contributed by atoms with Gasteiger partial charge in [0.2, 0.25) is 5.82 Å². The van der Waals surface area contributed by atoms with Crippen molar-refractivity contribution in [2.45, 2.75) is 12.7 Å². The van der Waals surface area contributed by atoms with E-state index in [9.17, 15) is 13.2 Å². The van der Waals surface area contributed by atoms with Crippen molar-refractivity contribution >= 4 is 0 Å². The molecule has 1 heterocycles. The maximum absolute atomic E-state index is 13.2. The molecule has 0 amide bonds. The Morgan fingerprint density at radius 3 is 2.53 bits per heavy atom. The number of hydrogen-bond donors (Lipinski definition) is 0. The van der Waals surface area contributed by atoms with Gasteiger partial charge in [-0.25, -0.2) is 8.78 Å². The largest absolute Gasteiger partial charge is 0.490 e. The van der Waals surface area contributed by atoms with E-state index in [0.717, 1.165) is 12.1 Å². The molecule has 0 aliphatic carbocycles. The van der Waals surface area contributed by atoms with Crippen LogP contribution in [0.1, 0.15) is 6.42 Å². The van der Waals surface area contributed by atoms with Crippen LogP contribution in [0, 0.1) is 17.5 Å². The van der Waals surface area contributed by atoms with E-state index in [0.29, 0.717) is 19.6 Å². The predicted molar refractivity (Wildman–Crippen MR) is 52.1 cm³/mol. The lowest BCUT2D eigenvalue weighted by molar-refractivity contribution is -0.0533. The molecule has 1 aromatic carbocycles.